The highest BCUT2D eigenvalue weighted by molar-refractivity contribution is 7.99. The van der Waals surface area contributed by atoms with E-state index in [1.54, 1.807) is 13.8 Å². The third-order valence-corrected chi connectivity index (χ3v) is 8.21. The zero-order chi connectivity index (χ0) is 32.6. The lowest BCUT2D eigenvalue weighted by Crippen LogP contribution is -2.62. The molecular weight excluding hydrogens is 600 g/mol. The van der Waals surface area contributed by atoms with Crippen molar-refractivity contribution in [3.63, 3.8) is 0 Å². The van der Waals surface area contributed by atoms with Crippen molar-refractivity contribution in [1.29, 1.82) is 0 Å². The van der Waals surface area contributed by atoms with Crippen LogP contribution in [-0.4, -0.2) is 91.4 Å². The monoisotopic (exact) mass is 640 g/mol. The highest BCUT2D eigenvalue weighted by atomic mass is 32.2. The smallest absolute Gasteiger partial charge is 0.303 e. The van der Waals surface area contributed by atoms with Crippen LogP contribution in [0.5, 0.6) is 0 Å². The summed E-state index contributed by atoms with van der Waals surface area (Å²) in [5.41, 5.74) is -0.697. The molecule has 244 valence electrons. The zero-order valence-corrected chi connectivity index (χ0v) is 26.6. The summed E-state index contributed by atoms with van der Waals surface area (Å²) < 4.78 is 46.3. The van der Waals surface area contributed by atoms with Gasteiger partial charge in [-0.05, 0) is 12.1 Å². The Bertz CT molecular complexity index is 1160. The van der Waals surface area contributed by atoms with Gasteiger partial charge in [0.25, 0.3) is 0 Å². The molecule has 13 nitrogen and oxygen atoms in total. The molecule has 2 fully saturated rings. The van der Waals surface area contributed by atoms with Crippen molar-refractivity contribution in [1.82, 2.24) is 0 Å². The number of hydrogen-bond donors (Lipinski definition) is 0. The van der Waals surface area contributed by atoms with E-state index in [1.807, 2.05) is 30.3 Å². The van der Waals surface area contributed by atoms with Gasteiger partial charge in [0.2, 0.25) is 0 Å². The summed E-state index contributed by atoms with van der Waals surface area (Å²) in [6.45, 7) is 9.22. The minimum absolute atomic E-state index is 0.198. The van der Waals surface area contributed by atoms with Crippen LogP contribution in [-0.2, 0) is 61.9 Å². The molecule has 10 atom stereocenters. The molecule has 1 aromatic rings. The summed E-state index contributed by atoms with van der Waals surface area (Å²) in [5, 5.41) is 0. The Morgan fingerprint density at radius 1 is 0.636 bits per heavy atom. The van der Waals surface area contributed by atoms with Crippen molar-refractivity contribution in [3.05, 3.63) is 30.3 Å². The molecule has 0 aliphatic carbocycles. The Morgan fingerprint density at radius 2 is 1.11 bits per heavy atom. The third kappa shape index (κ3) is 9.91. The van der Waals surface area contributed by atoms with Gasteiger partial charge in [-0.2, -0.15) is 0 Å². The minimum atomic E-state index is -1.27. The van der Waals surface area contributed by atoms with Crippen LogP contribution in [0.1, 0.15) is 48.5 Å². The summed E-state index contributed by atoms with van der Waals surface area (Å²) in [5.74, 6) is -4.12. The molecule has 0 N–H and O–H groups in total. The maximum absolute atomic E-state index is 12.2. The molecule has 2 aliphatic rings. The lowest BCUT2D eigenvalue weighted by molar-refractivity contribution is -0.327. The van der Waals surface area contributed by atoms with Crippen molar-refractivity contribution < 1.29 is 61.9 Å². The highest BCUT2D eigenvalue weighted by Crippen LogP contribution is 2.41. The molecule has 4 unspecified atom stereocenters. The van der Waals surface area contributed by atoms with Gasteiger partial charge in [0, 0.05) is 51.3 Å². The quantitative estimate of drug-likeness (QED) is 0.257. The summed E-state index contributed by atoms with van der Waals surface area (Å²) in [7, 11) is 0. The van der Waals surface area contributed by atoms with E-state index in [0.29, 0.717) is 0 Å². The number of benzene rings is 1. The van der Waals surface area contributed by atoms with Crippen LogP contribution in [0, 0.1) is 11.8 Å². The molecule has 3 rings (SSSR count). The normalized spacial score (nSPS) is 31.7. The Kier molecular flexibility index (Phi) is 13.0. The second kappa shape index (κ2) is 16.2. The molecule has 2 aliphatic heterocycles. The van der Waals surface area contributed by atoms with E-state index in [1.165, 1.54) is 46.4 Å². The van der Waals surface area contributed by atoms with Crippen molar-refractivity contribution in [2.24, 2.45) is 11.8 Å². The van der Waals surface area contributed by atoms with E-state index in [9.17, 15) is 24.0 Å². The van der Waals surface area contributed by atoms with Crippen LogP contribution >= 0.6 is 11.8 Å². The molecule has 0 radical (unpaired) electrons. The number of rotatable bonds is 11. The maximum atomic E-state index is 12.2. The molecule has 2 heterocycles. The second-order valence-corrected chi connectivity index (χ2v) is 11.8. The maximum Gasteiger partial charge on any atom is 0.303 e. The van der Waals surface area contributed by atoms with Crippen LogP contribution in [0.4, 0.5) is 0 Å². The number of esters is 5. The van der Waals surface area contributed by atoms with Gasteiger partial charge < -0.3 is 37.9 Å². The van der Waals surface area contributed by atoms with E-state index < -0.39 is 90.0 Å². The number of carbonyl (C=O) groups is 5. The minimum Gasteiger partial charge on any atom is -0.463 e. The Hall–Kier alpha value is -3.20. The van der Waals surface area contributed by atoms with E-state index in [2.05, 4.69) is 0 Å². The largest absolute Gasteiger partial charge is 0.463 e. The van der Waals surface area contributed by atoms with Crippen LogP contribution in [0.3, 0.4) is 0 Å². The first-order chi connectivity index (χ1) is 20.8. The van der Waals surface area contributed by atoms with E-state index in [-0.39, 0.29) is 13.2 Å². The second-order valence-electron chi connectivity index (χ2n) is 10.7. The number of carbonyl (C=O) groups excluding carboxylic acids is 5. The zero-order valence-electron chi connectivity index (χ0n) is 25.8. The topological polar surface area (TPSA) is 159 Å². The van der Waals surface area contributed by atoms with Gasteiger partial charge in [-0.15, -0.1) is 0 Å². The lowest BCUT2D eigenvalue weighted by Gasteiger charge is -2.48. The molecule has 2 saturated heterocycles. The molecule has 44 heavy (non-hydrogen) atoms. The molecule has 0 bridgehead atoms. The first kappa shape index (κ1) is 35.3. The Morgan fingerprint density at radius 3 is 1.64 bits per heavy atom. The molecule has 0 saturated carbocycles. The summed E-state index contributed by atoms with van der Waals surface area (Å²) >= 11 is 1.34. The molecule has 0 aromatic heterocycles. The fraction of sp³-hybridized carbons (Fsp3) is 0.633. The molecule has 0 spiro atoms. The van der Waals surface area contributed by atoms with Crippen LogP contribution in [0.25, 0.3) is 0 Å². The van der Waals surface area contributed by atoms with E-state index in [4.69, 9.17) is 37.9 Å². The third-order valence-electron chi connectivity index (χ3n) is 7.05. The van der Waals surface area contributed by atoms with Crippen LogP contribution in [0.15, 0.2) is 35.2 Å². The predicted molar refractivity (Wildman–Crippen MR) is 153 cm³/mol. The molecular formula is C30H40O13S. The molecule has 1 aromatic carbocycles. The number of thioether (sulfide) groups is 1. The van der Waals surface area contributed by atoms with E-state index >= 15 is 0 Å². The van der Waals surface area contributed by atoms with Gasteiger partial charge in [-0.3, -0.25) is 24.0 Å². The van der Waals surface area contributed by atoms with Crippen molar-refractivity contribution in [3.8, 4) is 0 Å². The lowest BCUT2D eigenvalue weighted by atomic mass is 9.88. The summed E-state index contributed by atoms with van der Waals surface area (Å²) in [4.78, 5) is 60.6. The van der Waals surface area contributed by atoms with Gasteiger partial charge >= 0.3 is 29.8 Å². The van der Waals surface area contributed by atoms with Crippen molar-refractivity contribution in [2.75, 3.05) is 13.2 Å². The van der Waals surface area contributed by atoms with E-state index in [0.717, 1.165) is 4.90 Å². The first-order valence-corrected chi connectivity index (χ1v) is 15.1. The highest BCUT2D eigenvalue weighted by Gasteiger charge is 2.53. The first-order valence-electron chi connectivity index (χ1n) is 14.2. The predicted octanol–water partition coefficient (Wildman–Crippen LogP) is 2.81. The van der Waals surface area contributed by atoms with Crippen molar-refractivity contribution in [2.45, 2.75) is 102 Å². The SMILES string of the molecule is CC(=O)OCC1O[C@@H](O[C@H]2C(COC(C)=O)O[C@@H](Sc3ccccc3)C(OC(C)=O)[C@H]2C)C(OC(C)=O)[C@@H](C)[C@H]1OC(C)=O. The average molecular weight is 641 g/mol. The van der Waals surface area contributed by atoms with Gasteiger partial charge in [-0.1, -0.05) is 43.8 Å². The van der Waals surface area contributed by atoms with Gasteiger partial charge in [0.15, 0.2) is 12.4 Å². The average Bonchev–Trinajstić information content (AvgIpc) is 2.93. The van der Waals surface area contributed by atoms with Gasteiger partial charge in [0.05, 0.1) is 6.10 Å². The fourth-order valence-corrected chi connectivity index (χ4v) is 6.37. The molecule has 0 amide bonds. The number of hydrogen-bond acceptors (Lipinski definition) is 14. The Labute approximate surface area is 260 Å². The summed E-state index contributed by atoms with van der Waals surface area (Å²) in [6, 6.07) is 9.37. The van der Waals surface area contributed by atoms with Crippen LogP contribution < -0.4 is 0 Å². The fourth-order valence-electron chi connectivity index (χ4n) is 5.16. The Balaban J connectivity index is 1.97. The van der Waals surface area contributed by atoms with Gasteiger partial charge in [0.1, 0.15) is 43.1 Å². The van der Waals surface area contributed by atoms with Crippen molar-refractivity contribution >= 4 is 41.6 Å². The van der Waals surface area contributed by atoms with Gasteiger partial charge in [-0.25, -0.2) is 0 Å². The number of ether oxygens (including phenoxy) is 8. The van der Waals surface area contributed by atoms with Crippen LogP contribution in [0.2, 0.25) is 0 Å². The summed E-state index contributed by atoms with van der Waals surface area (Å²) in [6.07, 6.45) is -6.86. The molecule has 14 heteroatoms. The standard InChI is InChI=1S/C30H40O13S/c1-15-25(38-19(5)33)23(13-36-17(3)31)41-29(27(15)39-20(6)34)43-26-16(2)28(40-21(7)35)30(42-24(26)14-37-18(4)32)44-22-11-9-8-10-12-22/h8-12,15-16,23-30H,13-14H2,1-7H3/t15-,16-,23?,24?,25+,26+,27?,28?,29-,30-/m0/s1.